The van der Waals surface area contributed by atoms with Crippen molar-refractivity contribution >= 4 is 17.7 Å². The van der Waals surface area contributed by atoms with Crippen LogP contribution < -0.4 is 5.32 Å². The normalized spacial score (nSPS) is 18.0. The third-order valence-electron chi connectivity index (χ3n) is 5.55. The molecular formula is C21H30N4O3. The summed E-state index contributed by atoms with van der Waals surface area (Å²) in [5.74, 6) is -0.100. The Morgan fingerprint density at radius 2 is 1.54 bits per heavy atom. The Kier molecular flexibility index (Phi) is 7.03. The molecule has 2 aliphatic heterocycles. The summed E-state index contributed by atoms with van der Waals surface area (Å²) in [6, 6.07) is 7.34. The molecule has 3 amide bonds. The van der Waals surface area contributed by atoms with E-state index in [9.17, 15) is 14.4 Å². The molecule has 2 heterocycles. The quantitative estimate of drug-likeness (QED) is 0.816. The van der Waals surface area contributed by atoms with E-state index in [1.165, 1.54) is 0 Å². The van der Waals surface area contributed by atoms with Crippen LogP contribution in [0.2, 0.25) is 0 Å². The van der Waals surface area contributed by atoms with Gasteiger partial charge in [-0.15, -0.1) is 0 Å². The minimum Gasteiger partial charge on any atom is -0.343 e. The van der Waals surface area contributed by atoms with Crippen molar-refractivity contribution in [3.05, 3.63) is 35.4 Å². The van der Waals surface area contributed by atoms with Gasteiger partial charge < -0.3 is 15.1 Å². The number of carbonyl (C=O) groups excluding carboxylic acids is 3. The summed E-state index contributed by atoms with van der Waals surface area (Å²) in [5.41, 5.74) is 1.48. The first-order valence-electron chi connectivity index (χ1n) is 10.2. The summed E-state index contributed by atoms with van der Waals surface area (Å²) in [7, 11) is 0. The first-order chi connectivity index (χ1) is 13.5. The highest BCUT2D eigenvalue weighted by molar-refractivity contribution is 5.97. The van der Waals surface area contributed by atoms with Gasteiger partial charge in [-0.1, -0.05) is 18.2 Å². The number of likely N-dealkylation sites (tertiary alicyclic amines) is 1. The summed E-state index contributed by atoms with van der Waals surface area (Å²) in [4.78, 5) is 43.0. The molecule has 2 fully saturated rings. The van der Waals surface area contributed by atoms with Crippen molar-refractivity contribution in [3.8, 4) is 0 Å². The van der Waals surface area contributed by atoms with Gasteiger partial charge in [-0.25, -0.2) is 0 Å². The van der Waals surface area contributed by atoms with Gasteiger partial charge in [0.1, 0.15) is 0 Å². The SMILES string of the molecule is Cc1ccccc1C(=O)NCC(=O)N1CCCN(CC(=O)N2CCCC2)CC1. The average Bonchev–Trinajstić information content (AvgIpc) is 3.14. The molecule has 2 aliphatic rings. The van der Waals surface area contributed by atoms with Gasteiger partial charge in [0.05, 0.1) is 13.1 Å². The van der Waals surface area contributed by atoms with E-state index < -0.39 is 0 Å². The van der Waals surface area contributed by atoms with Crippen LogP contribution in [-0.2, 0) is 9.59 Å². The topological polar surface area (TPSA) is 73.0 Å². The van der Waals surface area contributed by atoms with Crippen molar-refractivity contribution < 1.29 is 14.4 Å². The molecule has 0 aliphatic carbocycles. The van der Waals surface area contributed by atoms with Gasteiger partial charge in [0.25, 0.3) is 5.91 Å². The predicted octanol–water partition coefficient (Wildman–Crippen LogP) is 0.882. The highest BCUT2D eigenvalue weighted by Gasteiger charge is 2.24. The number of hydrogen-bond donors (Lipinski definition) is 1. The van der Waals surface area contributed by atoms with Crippen molar-refractivity contribution in [1.82, 2.24) is 20.0 Å². The van der Waals surface area contributed by atoms with Crippen LogP contribution in [0.25, 0.3) is 0 Å². The molecule has 0 aromatic heterocycles. The molecular weight excluding hydrogens is 356 g/mol. The van der Waals surface area contributed by atoms with Gasteiger partial charge >= 0.3 is 0 Å². The number of nitrogens with one attached hydrogen (secondary N) is 1. The number of benzene rings is 1. The molecule has 1 N–H and O–H groups in total. The van der Waals surface area contributed by atoms with Crippen LogP contribution in [0.15, 0.2) is 24.3 Å². The zero-order valence-electron chi connectivity index (χ0n) is 16.7. The van der Waals surface area contributed by atoms with Gasteiger partial charge in [-0.3, -0.25) is 19.3 Å². The smallest absolute Gasteiger partial charge is 0.251 e. The lowest BCUT2D eigenvalue weighted by atomic mass is 10.1. The van der Waals surface area contributed by atoms with E-state index in [2.05, 4.69) is 10.2 Å². The number of carbonyl (C=O) groups is 3. The molecule has 152 valence electrons. The molecule has 1 aromatic carbocycles. The lowest BCUT2D eigenvalue weighted by molar-refractivity contribution is -0.131. The zero-order valence-corrected chi connectivity index (χ0v) is 16.7. The van der Waals surface area contributed by atoms with Crippen molar-refractivity contribution in [3.63, 3.8) is 0 Å². The summed E-state index contributed by atoms with van der Waals surface area (Å²) in [6.07, 6.45) is 3.04. The summed E-state index contributed by atoms with van der Waals surface area (Å²) >= 11 is 0. The van der Waals surface area contributed by atoms with Crippen LogP contribution in [0.4, 0.5) is 0 Å². The number of amides is 3. The van der Waals surface area contributed by atoms with E-state index in [4.69, 9.17) is 0 Å². The lowest BCUT2D eigenvalue weighted by Gasteiger charge is -2.24. The van der Waals surface area contributed by atoms with Crippen molar-refractivity contribution in [2.75, 3.05) is 52.4 Å². The zero-order chi connectivity index (χ0) is 19.9. The predicted molar refractivity (Wildman–Crippen MR) is 107 cm³/mol. The largest absolute Gasteiger partial charge is 0.343 e. The standard InChI is InChI=1S/C21H30N4O3/c1-17-7-2-3-8-18(17)21(28)22-15-19(26)25-12-6-9-23(13-14-25)16-20(27)24-10-4-5-11-24/h2-3,7-8H,4-6,9-16H2,1H3,(H,22,28). The van der Waals surface area contributed by atoms with E-state index in [-0.39, 0.29) is 24.3 Å². The fourth-order valence-corrected chi connectivity index (χ4v) is 3.83. The highest BCUT2D eigenvalue weighted by Crippen LogP contribution is 2.10. The molecule has 7 nitrogen and oxygen atoms in total. The number of nitrogens with zero attached hydrogens (tertiary/aromatic N) is 3. The van der Waals surface area contributed by atoms with Crippen LogP contribution >= 0.6 is 0 Å². The van der Waals surface area contributed by atoms with Crippen LogP contribution in [-0.4, -0.2) is 84.8 Å². The maximum absolute atomic E-state index is 12.5. The lowest BCUT2D eigenvalue weighted by Crippen LogP contribution is -2.43. The molecule has 7 heteroatoms. The molecule has 1 aromatic rings. The maximum Gasteiger partial charge on any atom is 0.251 e. The van der Waals surface area contributed by atoms with Crippen LogP contribution in [0.3, 0.4) is 0 Å². The van der Waals surface area contributed by atoms with Crippen molar-refractivity contribution in [2.45, 2.75) is 26.2 Å². The Balaban J connectivity index is 1.44. The third-order valence-corrected chi connectivity index (χ3v) is 5.55. The van der Waals surface area contributed by atoms with E-state index >= 15 is 0 Å². The van der Waals surface area contributed by atoms with E-state index in [0.717, 1.165) is 44.5 Å². The molecule has 0 spiro atoms. The van der Waals surface area contributed by atoms with Crippen LogP contribution in [0.5, 0.6) is 0 Å². The maximum atomic E-state index is 12.5. The number of hydrogen-bond acceptors (Lipinski definition) is 4. The molecule has 28 heavy (non-hydrogen) atoms. The van der Waals surface area contributed by atoms with Crippen LogP contribution in [0, 0.1) is 6.92 Å². The summed E-state index contributed by atoms with van der Waals surface area (Å²) in [6.45, 7) is 6.82. The first kappa shape index (κ1) is 20.3. The van der Waals surface area contributed by atoms with Gasteiger partial charge in [0.2, 0.25) is 11.8 Å². The van der Waals surface area contributed by atoms with Gasteiger partial charge in [-0.2, -0.15) is 0 Å². The van der Waals surface area contributed by atoms with E-state index in [1.807, 2.05) is 30.0 Å². The van der Waals surface area contributed by atoms with Crippen molar-refractivity contribution in [2.24, 2.45) is 0 Å². The molecule has 3 rings (SSSR count). The minimum absolute atomic E-state index is 0.000123. The van der Waals surface area contributed by atoms with Gasteiger partial charge in [-0.05, 0) is 37.8 Å². The Bertz CT molecular complexity index is 715. The molecule has 0 unspecified atom stereocenters. The summed E-state index contributed by atoms with van der Waals surface area (Å²) in [5, 5.41) is 2.73. The van der Waals surface area contributed by atoms with Crippen LogP contribution in [0.1, 0.15) is 35.2 Å². The molecule has 2 saturated heterocycles. The van der Waals surface area contributed by atoms with E-state index in [1.54, 1.807) is 11.0 Å². The highest BCUT2D eigenvalue weighted by atomic mass is 16.2. The number of aryl methyl sites for hydroxylation is 1. The monoisotopic (exact) mass is 386 g/mol. The van der Waals surface area contributed by atoms with Gasteiger partial charge in [0, 0.05) is 44.8 Å². The Hall–Kier alpha value is -2.41. The molecule has 0 saturated carbocycles. The van der Waals surface area contributed by atoms with E-state index in [0.29, 0.717) is 31.7 Å². The fraction of sp³-hybridized carbons (Fsp3) is 0.571. The molecule has 0 atom stereocenters. The summed E-state index contributed by atoms with van der Waals surface area (Å²) < 4.78 is 0. The second-order valence-corrected chi connectivity index (χ2v) is 7.60. The van der Waals surface area contributed by atoms with Gasteiger partial charge in [0.15, 0.2) is 0 Å². The molecule has 0 bridgehead atoms. The average molecular weight is 386 g/mol. The Labute approximate surface area is 166 Å². The third kappa shape index (κ3) is 5.32. The second-order valence-electron chi connectivity index (χ2n) is 7.60. The first-order valence-corrected chi connectivity index (χ1v) is 10.2. The molecule has 0 radical (unpaired) electrons. The van der Waals surface area contributed by atoms with Crippen molar-refractivity contribution in [1.29, 1.82) is 0 Å². The fourth-order valence-electron chi connectivity index (χ4n) is 3.83. The Morgan fingerprint density at radius 1 is 0.857 bits per heavy atom. The second kappa shape index (κ2) is 9.68. The minimum atomic E-state index is -0.223. The Morgan fingerprint density at radius 3 is 2.29 bits per heavy atom. The number of rotatable bonds is 5.